The Morgan fingerprint density at radius 2 is 2.09 bits per heavy atom. The molecule has 0 aliphatic rings. The molecule has 0 atom stereocenters. The molecule has 0 aliphatic heterocycles. The highest BCUT2D eigenvalue weighted by molar-refractivity contribution is 14.0. The summed E-state index contributed by atoms with van der Waals surface area (Å²) in [7, 11) is 0. The number of halogens is 2. The molecule has 0 heterocycles. The van der Waals surface area contributed by atoms with Gasteiger partial charge in [0.15, 0.2) is 5.96 Å². The Balaban J connectivity index is 0.00000441. The van der Waals surface area contributed by atoms with E-state index in [2.05, 4.69) is 22.5 Å². The molecule has 6 heteroatoms. The van der Waals surface area contributed by atoms with Crippen molar-refractivity contribution in [2.45, 2.75) is 39.8 Å². The molecule has 0 aliphatic carbocycles. The first-order valence-corrected chi connectivity index (χ1v) is 7.87. The molecule has 0 spiro atoms. The van der Waals surface area contributed by atoms with E-state index in [-0.39, 0.29) is 30.1 Å². The Labute approximate surface area is 156 Å². The fourth-order valence-corrected chi connectivity index (χ4v) is 1.96. The first kappa shape index (κ1) is 21.5. The fourth-order valence-electron chi connectivity index (χ4n) is 1.75. The Bertz CT molecular complexity index is 441. The van der Waals surface area contributed by atoms with Crippen LogP contribution in [0.1, 0.15) is 32.8 Å². The van der Waals surface area contributed by atoms with Crippen LogP contribution in [0.3, 0.4) is 0 Å². The maximum absolute atomic E-state index is 5.97. The summed E-state index contributed by atoms with van der Waals surface area (Å²) in [5, 5.41) is 7.28. The van der Waals surface area contributed by atoms with Gasteiger partial charge in [0, 0.05) is 24.7 Å². The lowest BCUT2D eigenvalue weighted by molar-refractivity contribution is 0.0776. The average Bonchev–Trinajstić information content (AvgIpc) is 2.44. The third kappa shape index (κ3) is 10.2. The lowest BCUT2D eigenvalue weighted by atomic mass is 10.2. The third-order valence-corrected chi connectivity index (χ3v) is 2.95. The molecule has 1 aromatic carbocycles. The van der Waals surface area contributed by atoms with Crippen molar-refractivity contribution < 1.29 is 4.74 Å². The lowest BCUT2D eigenvalue weighted by Gasteiger charge is -2.12. The van der Waals surface area contributed by atoms with Crippen molar-refractivity contribution in [3.8, 4) is 0 Å². The maximum atomic E-state index is 5.97. The van der Waals surface area contributed by atoms with Crippen LogP contribution < -0.4 is 10.6 Å². The van der Waals surface area contributed by atoms with Gasteiger partial charge in [0.25, 0.3) is 0 Å². The molecule has 22 heavy (non-hydrogen) atoms. The van der Waals surface area contributed by atoms with E-state index in [1.807, 2.05) is 38.1 Å². The van der Waals surface area contributed by atoms with Gasteiger partial charge in [-0.15, -0.1) is 24.0 Å². The lowest BCUT2D eigenvalue weighted by Crippen LogP contribution is -2.38. The van der Waals surface area contributed by atoms with Crippen LogP contribution in [0.4, 0.5) is 0 Å². The van der Waals surface area contributed by atoms with E-state index in [9.17, 15) is 0 Å². The van der Waals surface area contributed by atoms with E-state index in [4.69, 9.17) is 16.3 Å². The predicted molar refractivity (Wildman–Crippen MR) is 105 cm³/mol. The van der Waals surface area contributed by atoms with Gasteiger partial charge < -0.3 is 15.4 Å². The first-order valence-electron chi connectivity index (χ1n) is 7.50. The van der Waals surface area contributed by atoms with Crippen LogP contribution in [0, 0.1) is 0 Å². The molecule has 1 aromatic rings. The molecular formula is C16H27ClIN3O. The van der Waals surface area contributed by atoms with Crippen molar-refractivity contribution >= 4 is 41.5 Å². The first-order chi connectivity index (χ1) is 10.1. The molecule has 0 radical (unpaired) electrons. The monoisotopic (exact) mass is 439 g/mol. The van der Waals surface area contributed by atoms with E-state index in [0.717, 1.165) is 42.7 Å². The van der Waals surface area contributed by atoms with Gasteiger partial charge in [-0.1, -0.05) is 23.7 Å². The summed E-state index contributed by atoms with van der Waals surface area (Å²) in [6.45, 7) is 9.20. The second-order valence-corrected chi connectivity index (χ2v) is 5.46. The highest BCUT2D eigenvalue weighted by Gasteiger charge is 1.99. The minimum absolute atomic E-state index is 0. The molecule has 0 saturated heterocycles. The van der Waals surface area contributed by atoms with Gasteiger partial charge in [0.05, 0.1) is 12.6 Å². The minimum Gasteiger partial charge on any atom is -0.379 e. The van der Waals surface area contributed by atoms with E-state index in [1.165, 1.54) is 0 Å². The molecule has 0 unspecified atom stereocenters. The van der Waals surface area contributed by atoms with Gasteiger partial charge in [-0.2, -0.15) is 0 Å². The largest absolute Gasteiger partial charge is 0.379 e. The second kappa shape index (κ2) is 13.0. The number of nitrogens with one attached hydrogen (secondary N) is 2. The number of hydrogen-bond donors (Lipinski definition) is 2. The molecular weight excluding hydrogens is 413 g/mol. The van der Waals surface area contributed by atoms with Gasteiger partial charge in [-0.25, -0.2) is 4.99 Å². The summed E-state index contributed by atoms with van der Waals surface area (Å²) in [6.07, 6.45) is 1.24. The molecule has 4 nitrogen and oxygen atoms in total. The Kier molecular flexibility index (Phi) is 12.6. The van der Waals surface area contributed by atoms with E-state index >= 15 is 0 Å². The van der Waals surface area contributed by atoms with Crippen LogP contribution in [-0.4, -0.2) is 31.8 Å². The standard InChI is InChI=1S/C16H26ClN3O.HI/c1-4-18-16(19-9-6-10-21-13(2)3)20-12-14-7-5-8-15(17)11-14;/h5,7-8,11,13H,4,6,9-10,12H2,1-3H3,(H2,18,19,20);1H. The quantitative estimate of drug-likeness (QED) is 0.280. The normalized spacial score (nSPS) is 11.2. The maximum Gasteiger partial charge on any atom is 0.191 e. The zero-order chi connectivity index (χ0) is 15.5. The van der Waals surface area contributed by atoms with Crippen LogP contribution in [0.2, 0.25) is 5.02 Å². The average molecular weight is 440 g/mol. The fraction of sp³-hybridized carbons (Fsp3) is 0.562. The number of benzene rings is 1. The molecule has 2 N–H and O–H groups in total. The second-order valence-electron chi connectivity index (χ2n) is 5.02. The summed E-state index contributed by atoms with van der Waals surface area (Å²) < 4.78 is 5.51. The highest BCUT2D eigenvalue weighted by atomic mass is 127. The van der Waals surface area contributed by atoms with E-state index in [0.29, 0.717) is 6.54 Å². The summed E-state index contributed by atoms with van der Waals surface area (Å²) in [5.41, 5.74) is 1.10. The Morgan fingerprint density at radius 3 is 2.73 bits per heavy atom. The molecule has 0 amide bonds. The van der Waals surface area contributed by atoms with Gasteiger partial charge in [0.2, 0.25) is 0 Å². The van der Waals surface area contributed by atoms with E-state index in [1.54, 1.807) is 0 Å². The Morgan fingerprint density at radius 1 is 1.32 bits per heavy atom. The Hall–Kier alpha value is -0.530. The molecule has 126 valence electrons. The van der Waals surface area contributed by atoms with Crippen molar-refractivity contribution in [3.05, 3.63) is 34.9 Å². The third-order valence-electron chi connectivity index (χ3n) is 2.72. The number of guanidine groups is 1. The van der Waals surface area contributed by atoms with E-state index < -0.39 is 0 Å². The van der Waals surface area contributed by atoms with Crippen molar-refractivity contribution in [1.82, 2.24) is 10.6 Å². The van der Waals surface area contributed by atoms with Crippen LogP contribution >= 0.6 is 35.6 Å². The summed E-state index contributed by atoms with van der Waals surface area (Å²) in [4.78, 5) is 4.55. The van der Waals surface area contributed by atoms with Gasteiger partial charge in [-0.3, -0.25) is 0 Å². The van der Waals surface area contributed by atoms with Crippen LogP contribution in [0.15, 0.2) is 29.3 Å². The van der Waals surface area contributed by atoms with Crippen molar-refractivity contribution in [1.29, 1.82) is 0 Å². The number of nitrogens with zero attached hydrogens (tertiary/aromatic N) is 1. The molecule has 0 fully saturated rings. The molecule has 0 saturated carbocycles. The highest BCUT2D eigenvalue weighted by Crippen LogP contribution is 2.11. The smallest absolute Gasteiger partial charge is 0.191 e. The van der Waals surface area contributed by atoms with Gasteiger partial charge >= 0.3 is 0 Å². The van der Waals surface area contributed by atoms with Gasteiger partial charge in [0.1, 0.15) is 0 Å². The SMILES string of the molecule is CCNC(=NCc1cccc(Cl)c1)NCCCOC(C)C.I. The molecule has 0 aromatic heterocycles. The zero-order valence-electron chi connectivity index (χ0n) is 13.6. The summed E-state index contributed by atoms with van der Waals surface area (Å²) in [6, 6.07) is 7.77. The zero-order valence-corrected chi connectivity index (χ0v) is 16.7. The topological polar surface area (TPSA) is 45.7 Å². The van der Waals surface area contributed by atoms with Crippen molar-refractivity contribution in [2.24, 2.45) is 4.99 Å². The summed E-state index contributed by atoms with van der Waals surface area (Å²) in [5.74, 6) is 0.821. The number of aliphatic imine (C=N–C) groups is 1. The number of hydrogen-bond acceptors (Lipinski definition) is 2. The van der Waals surface area contributed by atoms with Gasteiger partial charge in [-0.05, 0) is 44.9 Å². The van der Waals surface area contributed by atoms with Crippen LogP contribution in [-0.2, 0) is 11.3 Å². The van der Waals surface area contributed by atoms with Crippen molar-refractivity contribution in [2.75, 3.05) is 19.7 Å². The minimum atomic E-state index is 0. The van der Waals surface area contributed by atoms with Crippen molar-refractivity contribution in [3.63, 3.8) is 0 Å². The number of rotatable bonds is 8. The summed E-state index contributed by atoms with van der Waals surface area (Å²) >= 11 is 5.97. The van der Waals surface area contributed by atoms with Crippen LogP contribution in [0.25, 0.3) is 0 Å². The molecule has 0 bridgehead atoms. The number of ether oxygens (including phenoxy) is 1. The predicted octanol–water partition coefficient (Wildman–Crippen LogP) is 3.83. The van der Waals surface area contributed by atoms with Crippen LogP contribution in [0.5, 0.6) is 0 Å². The molecule has 1 rings (SSSR count).